The van der Waals surface area contributed by atoms with Crippen LogP contribution >= 0.6 is 0 Å². The van der Waals surface area contributed by atoms with E-state index in [1.807, 2.05) is 26.8 Å². The second-order valence-corrected chi connectivity index (χ2v) is 7.21. The van der Waals surface area contributed by atoms with E-state index in [-0.39, 0.29) is 12.5 Å². The van der Waals surface area contributed by atoms with Gasteiger partial charge >= 0.3 is 11.9 Å². The average Bonchev–Trinajstić information content (AvgIpc) is 3.22. The summed E-state index contributed by atoms with van der Waals surface area (Å²) in [5.74, 6) is -0.681. The van der Waals surface area contributed by atoms with Gasteiger partial charge in [-0.3, -0.25) is 4.79 Å². The molecular weight excluding hydrogens is 334 g/mol. The first-order valence-corrected chi connectivity index (χ1v) is 8.81. The van der Waals surface area contributed by atoms with Crippen LogP contribution in [0, 0.1) is 12.3 Å². The molecule has 1 aliphatic carbocycles. The second kappa shape index (κ2) is 6.34. The third-order valence-electron chi connectivity index (χ3n) is 6.17. The molecule has 1 fully saturated rings. The van der Waals surface area contributed by atoms with Crippen LogP contribution in [0.2, 0.25) is 0 Å². The Morgan fingerprint density at radius 3 is 2.73 bits per heavy atom. The number of nitrogens with two attached hydrogens (primary N) is 1. The summed E-state index contributed by atoms with van der Waals surface area (Å²) in [6.45, 7) is 5.81. The van der Waals surface area contributed by atoms with Gasteiger partial charge in [-0.2, -0.15) is 0 Å². The lowest BCUT2D eigenvalue weighted by Crippen LogP contribution is -2.29. The highest BCUT2D eigenvalue weighted by atomic mass is 16.5. The van der Waals surface area contributed by atoms with Crippen LogP contribution < -0.4 is 10.5 Å². The van der Waals surface area contributed by atoms with Gasteiger partial charge in [-0.05, 0) is 51.5 Å². The number of methoxy groups -OCH3 is 1. The highest BCUT2D eigenvalue weighted by Gasteiger charge is 2.48. The predicted molar refractivity (Wildman–Crippen MR) is 97.4 cm³/mol. The Hall–Kier alpha value is -2.50. The number of carbonyl (C=O) groups excluding carboxylic acids is 1. The van der Waals surface area contributed by atoms with Gasteiger partial charge < -0.3 is 20.3 Å². The van der Waals surface area contributed by atoms with E-state index in [2.05, 4.69) is 0 Å². The molecule has 1 heterocycles. The van der Waals surface area contributed by atoms with Crippen molar-refractivity contribution < 1.29 is 24.2 Å². The van der Waals surface area contributed by atoms with Crippen LogP contribution in [-0.2, 0) is 16.1 Å². The number of hydrogen-bond donors (Lipinski definition) is 2. The van der Waals surface area contributed by atoms with Crippen molar-refractivity contribution in [3.05, 3.63) is 33.9 Å². The van der Waals surface area contributed by atoms with Crippen molar-refractivity contribution in [3.8, 4) is 5.75 Å². The zero-order valence-corrected chi connectivity index (χ0v) is 15.6. The summed E-state index contributed by atoms with van der Waals surface area (Å²) in [6.07, 6.45) is 3.51. The van der Waals surface area contributed by atoms with Crippen molar-refractivity contribution in [1.29, 1.82) is 0 Å². The van der Waals surface area contributed by atoms with E-state index in [1.54, 1.807) is 7.11 Å². The van der Waals surface area contributed by atoms with Gasteiger partial charge in [-0.25, -0.2) is 4.79 Å². The van der Waals surface area contributed by atoms with Crippen molar-refractivity contribution in [3.63, 3.8) is 0 Å². The van der Waals surface area contributed by atoms with E-state index in [0.717, 1.165) is 22.3 Å². The van der Waals surface area contributed by atoms with E-state index in [1.165, 1.54) is 0 Å². The number of ether oxygens (including phenoxy) is 2. The molecule has 6 nitrogen and oxygen atoms in total. The lowest BCUT2D eigenvalue weighted by Gasteiger charge is -2.27. The van der Waals surface area contributed by atoms with Crippen molar-refractivity contribution >= 4 is 17.6 Å². The molecule has 0 amide bonds. The van der Waals surface area contributed by atoms with Crippen LogP contribution in [0.5, 0.6) is 5.75 Å². The number of fused-ring (bicyclic) bond motifs is 1. The molecule has 0 radical (unpaired) electrons. The molecule has 3 rings (SSSR count). The molecule has 26 heavy (non-hydrogen) atoms. The van der Waals surface area contributed by atoms with E-state index < -0.39 is 17.4 Å². The molecule has 140 valence electrons. The van der Waals surface area contributed by atoms with Crippen molar-refractivity contribution in [2.75, 3.05) is 12.8 Å². The van der Waals surface area contributed by atoms with Gasteiger partial charge in [0.2, 0.25) is 0 Å². The third-order valence-corrected chi connectivity index (χ3v) is 6.17. The van der Waals surface area contributed by atoms with E-state index >= 15 is 0 Å². The summed E-state index contributed by atoms with van der Waals surface area (Å²) in [6, 6.07) is 0. The summed E-state index contributed by atoms with van der Waals surface area (Å²) in [4.78, 5) is 24.2. The summed E-state index contributed by atoms with van der Waals surface area (Å²) in [5, 5.41) is 9.90. The van der Waals surface area contributed by atoms with Crippen molar-refractivity contribution in [1.82, 2.24) is 0 Å². The fourth-order valence-corrected chi connectivity index (χ4v) is 4.53. The number of carbonyl (C=O) groups is 2. The van der Waals surface area contributed by atoms with Gasteiger partial charge in [0.25, 0.3) is 0 Å². The number of anilines is 1. The number of hydrogen-bond acceptors (Lipinski definition) is 5. The Balaban J connectivity index is 2.14. The molecule has 0 spiro atoms. The van der Waals surface area contributed by atoms with Crippen LogP contribution in [0.15, 0.2) is 11.6 Å². The molecule has 1 aliphatic heterocycles. The Labute approximate surface area is 153 Å². The highest BCUT2D eigenvalue weighted by molar-refractivity contribution is 6.01. The van der Waals surface area contributed by atoms with Crippen molar-refractivity contribution in [2.45, 2.75) is 52.6 Å². The normalized spacial score (nSPS) is 25.2. The standard InChI is InChI=1S/C20H25NO5/c1-5-10(2)20(19(23)24)7-6-12(8-20)14-16(21)15-13(9-26-18(15)22)11(3)17(14)25-4/h5,12H,6-9,21H2,1-4H3,(H,23,24). The molecule has 1 saturated carbocycles. The maximum absolute atomic E-state index is 12.1. The fourth-order valence-electron chi connectivity index (χ4n) is 4.53. The molecule has 0 aromatic heterocycles. The molecule has 2 unspecified atom stereocenters. The molecule has 6 heteroatoms. The number of carboxylic acid groups (broad SMARTS) is 1. The van der Waals surface area contributed by atoms with Gasteiger partial charge in [0, 0.05) is 11.1 Å². The summed E-state index contributed by atoms with van der Waals surface area (Å²) >= 11 is 0. The predicted octanol–water partition coefficient (Wildman–Crippen LogP) is 3.56. The maximum Gasteiger partial charge on any atom is 0.341 e. The lowest BCUT2D eigenvalue weighted by molar-refractivity contribution is -0.146. The Kier molecular flexibility index (Phi) is 4.46. The topological polar surface area (TPSA) is 98.8 Å². The number of benzene rings is 1. The van der Waals surface area contributed by atoms with Gasteiger partial charge in [0.15, 0.2) is 0 Å². The van der Waals surface area contributed by atoms with Gasteiger partial charge in [-0.1, -0.05) is 11.6 Å². The quantitative estimate of drug-likeness (QED) is 0.484. The molecule has 1 aromatic carbocycles. The number of aliphatic carboxylic acids is 1. The van der Waals surface area contributed by atoms with Gasteiger partial charge in [0.1, 0.15) is 12.4 Å². The minimum atomic E-state index is -0.899. The Morgan fingerprint density at radius 1 is 1.46 bits per heavy atom. The van der Waals surface area contributed by atoms with E-state index in [0.29, 0.717) is 36.3 Å². The summed E-state index contributed by atoms with van der Waals surface area (Å²) < 4.78 is 10.8. The molecule has 1 aromatic rings. The largest absolute Gasteiger partial charge is 0.496 e. The molecule has 2 aliphatic rings. The van der Waals surface area contributed by atoms with Gasteiger partial charge in [-0.15, -0.1) is 0 Å². The number of cyclic esters (lactones) is 1. The number of carboxylic acids is 1. The minimum Gasteiger partial charge on any atom is -0.496 e. The lowest BCUT2D eigenvalue weighted by atomic mass is 9.77. The Morgan fingerprint density at radius 2 is 2.15 bits per heavy atom. The number of allylic oxidation sites excluding steroid dienone is 1. The van der Waals surface area contributed by atoms with Crippen LogP contribution in [0.3, 0.4) is 0 Å². The van der Waals surface area contributed by atoms with Crippen LogP contribution in [-0.4, -0.2) is 24.2 Å². The molecule has 0 bridgehead atoms. The van der Waals surface area contributed by atoms with E-state index in [9.17, 15) is 14.7 Å². The van der Waals surface area contributed by atoms with Crippen LogP contribution in [0.4, 0.5) is 5.69 Å². The highest BCUT2D eigenvalue weighted by Crippen LogP contribution is 2.55. The number of nitrogen functional groups attached to an aromatic ring is 1. The van der Waals surface area contributed by atoms with E-state index in [4.69, 9.17) is 15.2 Å². The zero-order valence-electron chi connectivity index (χ0n) is 15.6. The summed E-state index contributed by atoms with van der Waals surface area (Å²) in [5.41, 5.74) is 9.46. The minimum absolute atomic E-state index is 0.0895. The van der Waals surface area contributed by atoms with Crippen molar-refractivity contribution in [2.24, 2.45) is 5.41 Å². The maximum atomic E-state index is 12.1. The Bertz CT molecular complexity index is 826. The average molecular weight is 359 g/mol. The summed E-state index contributed by atoms with van der Waals surface area (Å²) in [7, 11) is 1.58. The molecule has 0 saturated heterocycles. The number of esters is 1. The monoisotopic (exact) mass is 359 g/mol. The van der Waals surface area contributed by atoms with Gasteiger partial charge in [0.05, 0.1) is 23.8 Å². The number of rotatable bonds is 4. The molecule has 3 N–H and O–H groups in total. The van der Waals surface area contributed by atoms with Crippen LogP contribution in [0.25, 0.3) is 0 Å². The first-order chi connectivity index (χ1) is 12.3. The first-order valence-electron chi connectivity index (χ1n) is 8.81. The fraction of sp³-hybridized carbons (Fsp3) is 0.500. The third kappa shape index (κ3) is 2.39. The first kappa shape index (κ1) is 18.3. The SMILES string of the molecule is CC=C(C)C1(C(=O)O)CCC(c2c(N)c3c(c(C)c2OC)COC3=O)C1. The van der Waals surface area contributed by atoms with Crippen LogP contribution in [0.1, 0.15) is 66.1 Å². The molecular formula is C20H25NO5. The zero-order chi connectivity index (χ0) is 19.2. The second-order valence-electron chi connectivity index (χ2n) is 7.21. The molecule has 2 atom stereocenters. The smallest absolute Gasteiger partial charge is 0.341 e.